The fraction of sp³-hybridized carbons (Fsp3) is 0.238. The summed E-state index contributed by atoms with van der Waals surface area (Å²) in [5.74, 6) is -0.00829. The monoisotopic (exact) mass is 425 g/mol. The first-order valence-electron chi connectivity index (χ1n) is 9.32. The van der Waals surface area contributed by atoms with E-state index >= 15 is 0 Å². The highest BCUT2D eigenvalue weighted by atomic mass is 32.1. The zero-order chi connectivity index (χ0) is 21.5. The summed E-state index contributed by atoms with van der Waals surface area (Å²) in [5, 5.41) is 11.9. The molecule has 0 radical (unpaired) electrons. The van der Waals surface area contributed by atoms with Gasteiger partial charge in [-0.1, -0.05) is 36.9 Å². The molecule has 0 aliphatic carbocycles. The number of thiazole rings is 1. The summed E-state index contributed by atoms with van der Waals surface area (Å²) >= 11 is 1.26. The summed E-state index contributed by atoms with van der Waals surface area (Å²) in [6.07, 6.45) is 1.61. The van der Waals surface area contributed by atoms with Gasteiger partial charge in [0.1, 0.15) is 5.69 Å². The third-order valence-corrected chi connectivity index (χ3v) is 5.04. The SMILES string of the molecule is C=C(C)OC(=O)NCC(Cc1ccccc1)NC(=O)c1nc(-c2ccnn2C)cs1. The molecule has 3 rings (SSSR count). The lowest BCUT2D eigenvalue weighted by Crippen LogP contribution is -2.45. The molecular weight excluding hydrogens is 402 g/mol. The number of carbonyl (C=O) groups is 2. The fourth-order valence-corrected chi connectivity index (χ4v) is 3.56. The predicted octanol–water partition coefficient (Wildman–Crippen LogP) is 3.14. The number of ether oxygens (including phenoxy) is 1. The normalized spacial score (nSPS) is 11.5. The Kier molecular flexibility index (Phi) is 6.97. The number of nitrogens with zero attached hydrogens (tertiary/aromatic N) is 3. The summed E-state index contributed by atoms with van der Waals surface area (Å²) in [7, 11) is 1.82. The van der Waals surface area contributed by atoms with Gasteiger partial charge < -0.3 is 15.4 Å². The van der Waals surface area contributed by atoms with Crippen molar-refractivity contribution in [1.29, 1.82) is 0 Å². The summed E-state index contributed by atoms with van der Waals surface area (Å²) in [6, 6.07) is 11.2. The summed E-state index contributed by atoms with van der Waals surface area (Å²) in [6.45, 7) is 5.33. The van der Waals surface area contributed by atoms with E-state index in [2.05, 4.69) is 27.3 Å². The number of aryl methyl sites for hydroxylation is 1. The number of hydrogen-bond acceptors (Lipinski definition) is 6. The van der Waals surface area contributed by atoms with Crippen LogP contribution in [0.2, 0.25) is 0 Å². The Morgan fingerprint density at radius 1 is 1.27 bits per heavy atom. The van der Waals surface area contributed by atoms with E-state index in [1.165, 1.54) is 11.3 Å². The highest BCUT2D eigenvalue weighted by molar-refractivity contribution is 7.12. The van der Waals surface area contributed by atoms with Crippen molar-refractivity contribution in [3.05, 3.63) is 70.9 Å². The summed E-state index contributed by atoms with van der Waals surface area (Å²) in [4.78, 5) is 29.0. The van der Waals surface area contributed by atoms with Crippen molar-refractivity contribution in [3.63, 3.8) is 0 Å². The number of hydrogen-bond donors (Lipinski definition) is 2. The van der Waals surface area contributed by atoms with Crippen molar-refractivity contribution in [2.24, 2.45) is 7.05 Å². The van der Waals surface area contributed by atoms with Gasteiger partial charge in [-0.3, -0.25) is 9.48 Å². The van der Waals surface area contributed by atoms with Gasteiger partial charge in [-0.15, -0.1) is 11.3 Å². The topological polar surface area (TPSA) is 98.1 Å². The minimum atomic E-state index is -0.609. The van der Waals surface area contributed by atoms with Gasteiger partial charge in [0.2, 0.25) is 0 Å². The molecule has 0 saturated carbocycles. The van der Waals surface area contributed by atoms with Crippen LogP contribution in [0.5, 0.6) is 0 Å². The molecule has 0 saturated heterocycles. The van der Waals surface area contributed by atoms with Crippen LogP contribution in [0.4, 0.5) is 4.79 Å². The van der Waals surface area contributed by atoms with Crippen molar-refractivity contribution < 1.29 is 14.3 Å². The minimum Gasteiger partial charge on any atom is -0.416 e. The Morgan fingerprint density at radius 2 is 2.03 bits per heavy atom. The van der Waals surface area contributed by atoms with Gasteiger partial charge >= 0.3 is 6.09 Å². The molecule has 1 unspecified atom stereocenters. The molecule has 2 aromatic heterocycles. The Balaban J connectivity index is 1.69. The number of allylic oxidation sites excluding steroid dienone is 1. The standard InChI is InChI=1S/C21H23N5O3S/c1-14(2)29-21(28)22-12-16(11-15-7-5-4-6-8-15)24-19(27)20-25-17(13-30-20)18-9-10-23-26(18)3/h4-10,13,16H,1,11-12H2,2-3H3,(H,22,28)(H,24,27). The molecule has 8 nitrogen and oxygen atoms in total. The van der Waals surface area contributed by atoms with Gasteiger partial charge in [0.25, 0.3) is 5.91 Å². The number of rotatable bonds is 8. The van der Waals surface area contributed by atoms with Gasteiger partial charge in [0.05, 0.1) is 17.5 Å². The van der Waals surface area contributed by atoms with E-state index in [0.29, 0.717) is 22.9 Å². The Labute approximate surface area is 178 Å². The largest absolute Gasteiger partial charge is 0.416 e. The maximum atomic E-state index is 12.8. The Morgan fingerprint density at radius 3 is 2.70 bits per heavy atom. The zero-order valence-electron chi connectivity index (χ0n) is 16.8. The van der Waals surface area contributed by atoms with Crippen molar-refractivity contribution >= 4 is 23.3 Å². The first-order valence-corrected chi connectivity index (χ1v) is 10.2. The number of nitrogens with one attached hydrogen (secondary N) is 2. The van der Waals surface area contributed by atoms with Gasteiger partial charge in [-0.2, -0.15) is 5.10 Å². The lowest BCUT2D eigenvalue weighted by atomic mass is 10.1. The van der Waals surface area contributed by atoms with Gasteiger partial charge in [-0.05, 0) is 25.0 Å². The minimum absolute atomic E-state index is 0.201. The van der Waals surface area contributed by atoms with Gasteiger partial charge in [0.15, 0.2) is 5.01 Å². The lowest BCUT2D eigenvalue weighted by Gasteiger charge is -2.19. The van der Waals surface area contributed by atoms with Crippen molar-refractivity contribution in [3.8, 4) is 11.4 Å². The molecule has 0 bridgehead atoms. The van der Waals surface area contributed by atoms with Crippen LogP contribution in [0, 0.1) is 0 Å². The van der Waals surface area contributed by atoms with E-state index in [4.69, 9.17) is 4.74 Å². The first kappa shape index (κ1) is 21.3. The van der Waals surface area contributed by atoms with Gasteiger partial charge in [-0.25, -0.2) is 9.78 Å². The maximum absolute atomic E-state index is 12.8. The predicted molar refractivity (Wildman–Crippen MR) is 115 cm³/mol. The number of amides is 2. The third-order valence-electron chi connectivity index (χ3n) is 4.20. The second kappa shape index (κ2) is 9.84. The fourth-order valence-electron chi connectivity index (χ4n) is 2.84. The molecule has 0 aliphatic rings. The van der Waals surface area contributed by atoms with E-state index in [9.17, 15) is 9.59 Å². The average molecular weight is 426 g/mol. The van der Waals surface area contributed by atoms with Crippen molar-refractivity contribution in [2.75, 3.05) is 6.54 Å². The second-order valence-corrected chi connectivity index (χ2v) is 7.57. The van der Waals surface area contributed by atoms with E-state index in [1.807, 2.05) is 48.8 Å². The van der Waals surface area contributed by atoms with E-state index < -0.39 is 6.09 Å². The summed E-state index contributed by atoms with van der Waals surface area (Å²) < 4.78 is 6.62. The van der Waals surface area contributed by atoms with Crippen molar-refractivity contribution in [2.45, 2.75) is 19.4 Å². The second-order valence-electron chi connectivity index (χ2n) is 6.71. The molecule has 2 N–H and O–H groups in total. The molecule has 3 aromatic rings. The lowest BCUT2D eigenvalue weighted by molar-refractivity contribution is 0.0934. The third kappa shape index (κ3) is 5.77. The molecule has 2 amide bonds. The van der Waals surface area contributed by atoms with Crippen LogP contribution in [-0.4, -0.2) is 39.4 Å². The molecule has 0 fully saturated rings. The molecular formula is C21H23N5O3S. The highest BCUT2D eigenvalue weighted by Crippen LogP contribution is 2.21. The maximum Gasteiger partial charge on any atom is 0.412 e. The smallest absolute Gasteiger partial charge is 0.412 e. The van der Waals surface area contributed by atoms with Crippen LogP contribution in [0.25, 0.3) is 11.4 Å². The molecule has 9 heteroatoms. The number of aromatic nitrogens is 3. The van der Waals surface area contributed by atoms with E-state index in [0.717, 1.165) is 11.3 Å². The average Bonchev–Trinajstić information content (AvgIpc) is 3.35. The number of alkyl carbamates (subject to hydrolysis) is 1. The van der Waals surface area contributed by atoms with Crippen LogP contribution < -0.4 is 10.6 Å². The van der Waals surface area contributed by atoms with Crippen LogP contribution >= 0.6 is 11.3 Å². The number of carbonyl (C=O) groups excluding carboxylic acids is 2. The van der Waals surface area contributed by atoms with E-state index in [-0.39, 0.29) is 18.5 Å². The molecule has 1 aromatic carbocycles. The van der Waals surface area contributed by atoms with Crippen LogP contribution in [0.3, 0.4) is 0 Å². The number of benzene rings is 1. The highest BCUT2D eigenvalue weighted by Gasteiger charge is 2.19. The molecule has 2 heterocycles. The molecule has 30 heavy (non-hydrogen) atoms. The van der Waals surface area contributed by atoms with Gasteiger partial charge in [0, 0.05) is 25.2 Å². The van der Waals surface area contributed by atoms with Crippen LogP contribution in [0.15, 0.2) is 60.3 Å². The van der Waals surface area contributed by atoms with Crippen LogP contribution in [-0.2, 0) is 18.2 Å². The van der Waals surface area contributed by atoms with Crippen molar-refractivity contribution in [1.82, 2.24) is 25.4 Å². The summed E-state index contributed by atoms with van der Waals surface area (Å²) in [5.41, 5.74) is 2.55. The quantitative estimate of drug-likeness (QED) is 0.540. The van der Waals surface area contributed by atoms with Crippen LogP contribution in [0.1, 0.15) is 22.3 Å². The molecule has 0 spiro atoms. The molecule has 1 atom stereocenters. The Bertz CT molecular complexity index is 1030. The van der Waals surface area contributed by atoms with E-state index in [1.54, 1.807) is 17.8 Å². The molecule has 156 valence electrons. The molecule has 0 aliphatic heterocycles. The zero-order valence-corrected chi connectivity index (χ0v) is 17.6. The first-order chi connectivity index (χ1) is 14.4. The Hall–Kier alpha value is -3.46.